The third-order valence-electron chi connectivity index (χ3n) is 9.76. The number of primary amides is 2. The van der Waals surface area contributed by atoms with Gasteiger partial charge in [-0.1, -0.05) is 194 Å². The van der Waals surface area contributed by atoms with E-state index in [1.54, 1.807) is 0 Å². The van der Waals surface area contributed by atoms with Gasteiger partial charge in [0.1, 0.15) is 11.2 Å². The minimum absolute atomic E-state index is 0.0428. The second-order valence-electron chi connectivity index (χ2n) is 14.0. The lowest BCUT2D eigenvalue weighted by atomic mass is 9.82. The molecule has 0 rings (SSSR count). The highest BCUT2D eigenvalue weighted by Crippen LogP contribution is 2.29. The number of rotatable bonds is 35. The molecule has 6 N–H and O–H groups in total. The summed E-state index contributed by atoms with van der Waals surface area (Å²) < 4.78 is 0. The standard InChI is InChI=1S/C38H76N2O4/c1-3-5-7-9-11-13-15-17-19-21-23-25-27-29-31-37(43,35(39)41)33-34-38(44,36(40)42)32-30-28-26-24-22-20-18-16-14-12-10-8-6-4-2/h43-44H,3-34H2,1-2H3,(H2,39,41)(H2,40,42). The number of nitrogens with two attached hydrogens (primary N) is 2. The quantitative estimate of drug-likeness (QED) is 0.0523. The number of unbranched alkanes of at least 4 members (excludes halogenated alkanes) is 26. The largest absolute Gasteiger partial charge is 0.380 e. The van der Waals surface area contributed by atoms with Crippen LogP contribution >= 0.6 is 0 Å². The molecule has 0 aliphatic carbocycles. The molecule has 0 saturated carbocycles. The van der Waals surface area contributed by atoms with E-state index in [4.69, 9.17) is 11.5 Å². The normalized spacial score (nSPS) is 14.4. The molecule has 0 saturated heterocycles. The number of amides is 2. The molecule has 44 heavy (non-hydrogen) atoms. The molecule has 0 heterocycles. The fourth-order valence-corrected chi connectivity index (χ4v) is 6.38. The fraction of sp³-hybridized carbons (Fsp3) is 0.947. The van der Waals surface area contributed by atoms with Crippen molar-refractivity contribution < 1.29 is 19.8 Å². The van der Waals surface area contributed by atoms with E-state index in [1.807, 2.05) is 0 Å². The van der Waals surface area contributed by atoms with Crippen LogP contribution in [0.25, 0.3) is 0 Å². The van der Waals surface area contributed by atoms with E-state index in [-0.39, 0.29) is 25.7 Å². The predicted octanol–water partition coefficient (Wildman–Crippen LogP) is 9.94. The summed E-state index contributed by atoms with van der Waals surface area (Å²) in [6, 6.07) is 0. The van der Waals surface area contributed by atoms with E-state index >= 15 is 0 Å². The van der Waals surface area contributed by atoms with Crippen LogP contribution in [0.3, 0.4) is 0 Å². The van der Waals surface area contributed by atoms with Gasteiger partial charge < -0.3 is 21.7 Å². The van der Waals surface area contributed by atoms with Gasteiger partial charge in [-0.25, -0.2) is 0 Å². The van der Waals surface area contributed by atoms with Crippen molar-refractivity contribution in [3.05, 3.63) is 0 Å². The van der Waals surface area contributed by atoms with Gasteiger partial charge >= 0.3 is 0 Å². The number of carbonyl (C=O) groups excluding carboxylic acids is 2. The van der Waals surface area contributed by atoms with Crippen molar-refractivity contribution in [3.63, 3.8) is 0 Å². The zero-order valence-corrected chi connectivity index (χ0v) is 29.5. The van der Waals surface area contributed by atoms with Gasteiger partial charge in [0.15, 0.2) is 0 Å². The molecule has 0 aromatic heterocycles. The molecule has 0 bridgehead atoms. The second-order valence-corrected chi connectivity index (χ2v) is 14.0. The molecule has 0 aliphatic rings. The van der Waals surface area contributed by atoms with E-state index in [9.17, 15) is 19.8 Å². The van der Waals surface area contributed by atoms with E-state index in [1.165, 1.54) is 141 Å². The smallest absolute Gasteiger partial charge is 0.249 e. The first kappa shape index (κ1) is 42.9. The fourth-order valence-electron chi connectivity index (χ4n) is 6.38. The van der Waals surface area contributed by atoms with Crippen LogP contribution in [-0.4, -0.2) is 33.2 Å². The average Bonchev–Trinajstić information content (AvgIpc) is 3.00. The Morgan fingerprint density at radius 3 is 0.727 bits per heavy atom. The van der Waals surface area contributed by atoms with E-state index in [0.29, 0.717) is 12.8 Å². The maximum absolute atomic E-state index is 12.1. The van der Waals surface area contributed by atoms with Gasteiger partial charge in [0.2, 0.25) is 11.8 Å². The van der Waals surface area contributed by atoms with Crippen LogP contribution in [0.15, 0.2) is 0 Å². The molecule has 0 fully saturated rings. The zero-order chi connectivity index (χ0) is 32.8. The highest BCUT2D eigenvalue weighted by molar-refractivity contribution is 5.84. The summed E-state index contributed by atoms with van der Waals surface area (Å²) in [5, 5.41) is 22.0. The summed E-state index contributed by atoms with van der Waals surface area (Å²) in [6.07, 6.45) is 34.9. The van der Waals surface area contributed by atoms with Crippen molar-refractivity contribution in [2.75, 3.05) is 0 Å². The minimum Gasteiger partial charge on any atom is -0.380 e. The molecule has 0 spiro atoms. The Morgan fingerprint density at radius 1 is 0.364 bits per heavy atom. The first-order valence-corrected chi connectivity index (χ1v) is 19.3. The van der Waals surface area contributed by atoms with Gasteiger partial charge in [-0.3, -0.25) is 9.59 Å². The maximum Gasteiger partial charge on any atom is 0.249 e. The van der Waals surface area contributed by atoms with Crippen molar-refractivity contribution in [3.8, 4) is 0 Å². The van der Waals surface area contributed by atoms with Gasteiger partial charge in [-0.2, -0.15) is 0 Å². The molecule has 0 radical (unpaired) electrons. The molecular formula is C38H76N2O4. The highest BCUT2D eigenvalue weighted by Gasteiger charge is 2.40. The minimum atomic E-state index is -1.71. The number of hydrogen-bond acceptors (Lipinski definition) is 4. The van der Waals surface area contributed by atoms with E-state index in [2.05, 4.69) is 13.8 Å². The van der Waals surface area contributed by atoms with Crippen molar-refractivity contribution in [2.45, 2.75) is 231 Å². The van der Waals surface area contributed by atoms with Gasteiger partial charge in [0.25, 0.3) is 0 Å². The highest BCUT2D eigenvalue weighted by atomic mass is 16.3. The molecule has 2 atom stereocenters. The third kappa shape index (κ3) is 24.1. The Bertz CT molecular complexity index is 617. The Balaban J connectivity index is 4.05. The van der Waals surface area contributed by atoms with Crippen molar-refractivity contribution in [1.82, 2.24) is 0 Å². The summed E-state index contributed by atoms with van der Waals surface area (Å²) >= 11 is 0. The molecule has 2 unspecified atom stereocenters. The van der Waals surface area contributed by atoms with Crippen LogP contribution in [0, 0.1) is 0 Å². The second kappa shape index (κ2) is 29.3. The summed E-state index contributed by atoms with van der Waals surface area (Å²) in [6.45, 7) is 4.51. The molecule has 0 aliphatic heterocycles. The summed E-state index contributed by atoms with van der Waals surface area (Å²) in [5.41, 5.74) is 7.73. The molecule has 2 amide bonds. The summed E-state index contributed by atoms with van der Waals surface area (Å²) in [4.78, 5) is 24.3. The number of hydrogen-bond donors (Lipinski definition) is 4. The topological polar surface area (TPSA) is 127 Å². The Morgan fingerprint density at radius 2 is 0.545 bits per heavy atom. The first-order chi connectivity index (χ1) is 21.2. The van der Waals surface area contributed by atoms with Crippen LogP contribution in [0.2, 0.25) is 0 Å². The zero-order valence-electron chi connectivity index (χ0n) is 29.5. The molecular weight excluding hydrogens is 548 g/mol. The van der Waals surface area contributed by atoms with Crippen LogP contribution < -0.4 is 11.5 Å². The van der Waals surface area contributed by atoms with Crippen molar-refractivity contribution in [1.29, 1.82) is 0 Å². The van der Waals surface area contributed by atoms with E-state index < -0.39 is 23.0 Å². The molecule has 262 valence electrons. The van der Waals surface area contributed by atoms with Crippen molar-refractivity contribution in [2.24, 2.45) is 11.5 Å². The number of aliphatic hydroxyl groups is 2. The Kier molecular flexibility index (Phi) is 28.5. The molecule has 6 heteroatoms. The van der Waals surface area contributed by atoms with Crippen LogP contribution in [0.4, 0.5) is 0 Å². The van der Waals surface area contributed by atoms with Gasteiger partial charge in [0, 0.05) is 0 Å². The van der Waals surface area contributed by atoms with Crippen LogP contribution in [-0.2, 0) is 9.59 Å². The first-order valence-electron chi connectivity index (χ1n) is 19.3. The lowest BCUT2D eigenvalue weighted by Crippen LogP contribution is -2.49. The van der Waals surface area contributed by atoms with Gasteiger partial charge in [-0.05, 0) is 25.7 Å². The van der Waals surface area contributed by atoms with Gasteiger partial charge in [-0.15, -0.1) is 0 Å². The van der Waals surface area contributed by atoms with Gasteiger partial charge in [0.05, 0.1) is 0 Å². The SMILES string of the molecule is CCCCCCCCCCCCCCCCC(O)(CCC(O)(CCCCCCCCCCCCCCCC)C(N)=O)C(N)=O. The van der Waals surface area contributed by atoms with Crippen LogP contribution in [0.1, 0.15) is 219 Å². The third-order valence-corrected chi connectivity index (χ3v) is 9.76. The lowest BCUT2D eigenvalue weighted by Gasteiger charge is -2.30. The van der Waals surface area contributed by atoms with E-state index in [0.717, 1.165) is 25.7 Å². The van der Waals surface area contributed by atoms with Crippen molar-refractivity contribution >= 4 is 11.8 Å². The molecule has 0 aromatic carbocycles. The molecule has 0 aromatic rings. The monoisotopic (exact) mass is 625 g/mol. The predicted molar refractivity (Wildman–Crippen MR) is 187 cm³/mol. The Labute approximate surface area is 273 Å². The maximum atomic E-state index is 12.1. The summed E-state index contributed by atoms with van der Waals surface area (Å²) in [7, 11) is 0. The van der Waals surface area contributed by atoms with Crippen LogP contribution in [0.5, 0.6) is 0 Å². The Hall–Kier alpha value is -1.14. The lowest BCUT2D eigenvalue weighted by molar-refractivity contribution is -0.145. The average molecular weight is 625 g/mol. The number of carbonyl (C=O) groups is 2. The molecule has 6 nitrogen and oxygen atoms in total. The summed E-state index contributed by atoms with van der Waals surface area (Å²) in [5.74, 6) is -1.56.